The molecule has 2 aromatic rings. The highest BCUT2D eigenvalue weighted by Crippen LogP contribution is 2.40. The fourth-order valence-electron chi connectivity index (χ4n) is 1.36. The van der Waals surface area contributed by atoms with Crippen LogP contribution in [0.4, 0.5) is 13.2 Å². The van der Waals surface area contributed by atoms with Crippen molar-refractivity contribution >= 4 is 54.5 Å². The molecular weight excluding hydrogens is 431 g/mol. The quantitative estimate of drug-likeness (QED) is 0.557. The summed E-state index contributed by atoms with van der Waals surface area (Å²) < 4.78 is 39.2. The lowest BCUT2D eigenvalue weighted by Gasteiger charge is -2.11. The van der Waals surface area contributed by atoms with Crippen molar-refractivity contribution in [3.63, 3.8) is 0 Å². The molecular formula is C9H6Br2F3N3S2. The van der Waals surface area contributed by atoms with E-state index in [0.29, 0.717) is 16.2 Å². The molecule has 0 fully saturated rings. The molecule has 0 amide bonds. The van der Waals surface area contributed by atoms with E-state index in [0.717, 1.165) is 13.1 Å². The van der Waals surface area contributed by atoms with Crippen LogP contribution >= 0.6 is 54.5 Å². The van der Waals surface area contributed by atoms with E-state index in [1.165, 1.54) is 17.5 Å². The monoisotopic (exact) mass is 435 g/mol. The van der Waals surface area contributed by atoms with Gasteiger partial charge in [0.15, 0.2) is 5.01 Å². The van der Waals surface area contributed by atoms with Crippen LogP contribution in [0, 0.1) is 0 Å². The summed E-state index contributed by atoms with van der Waals surface area (Å²) in [7, 11) is 0. The van der Waals surface area contributed by atoms with E-state index >= 15 is 0 Å². The van der Waals surface area contributed by atoms with E-state index in [-0.39, 0.29) is 0 Å². The zero-order valence-electron chi connectivity index (χ0n) is 8.96. The molecule has 2 heterocycles. The summed E-state index contributed by atoms with van der Waals surface area (Å²) in [4.78, 5) is 4.59. The van der Waals surface area contributed by atoms with Crippen LogP contribution in [0.2, 0.25) is 0 Å². The Morgan fingerprint density at radius 1 is 1.26 bits per heavy atom. The van der Waals surface area contributed by atoms with E-state index < -0.39 is 17.2 Å². The second kappa shape index (κ2) is 5.78. The van der Waals surface area contributed by atoms with Crippen molar-refractivity contribution in [1.29, 1.82) is 0 Å². The first kappa shape index (κ1) is 15.4. The molecule has 0 radical (unpaired) electrons. The van der Waals surface area contributed by atoms with Gasteiger partial charge in [0.1, 0.15) is 0 Å². The molecule has 0 aliphatic carbocycles. The highest BCUT2D eigenvalue weighted by Gasteiger charge is 2.35. The van der Waals surface area contributed by atoms with Crippen LogP contribution in [0.25, 0.3) is 0 Å². The molecule has 1 unspecified atom stereocenters. The van der Waals surface area contributed by atoms with Gasteiger partial charge in [-0.25, -0.2) is 10.4 Å². The normalized spacial score (nSPS) is 13.8. The van der Waals surface area contributed by atoms with Gasteiger partial charge in [-0.1, -0.05) is 0 Å². The molecule has 0 aliphatic rings. The summed E-state index contributed by atoms with van der Waals surface area (Å²) in [6, 6.07) is 1.29. The van der Waals surface area contributed by atoms with Crippen molar-refractivity contribution in [3.8, 4) is 0 Å². The van der Waals surface area contributed by atoms with Gasteiger partial charge in [0.2, 0.25) is 0 Å². The predicted octanol–water partition coefficient (Wildman–Crippen LogP) is 4.30. The number of thiazole rings is 1. The number of nitrogens with one attached hydrogen (secondary N) is 1. The second-order valence-corrected chi connectivity index (χ2v) is 7.75. The van der Waals surface area contributed by atoms with Crippen LogP contribution in [0.15, 0.2) is 20.5 Å². The fourth-order valence-corrected chi connectivity index (χ4v) is 4.47. The predicted molar refractivity (Wildman–Crippen MR) is 76.0 cm³/mol. The molecule has 19 heavy (non-hydrogen) atoms. The molecule has 0 saturated carbocycles. The third-order valence-corrected chi connectivity index (χ3v) is 6.59. The standard InChI is InChI=1S/C9H6Br2F3N3S2/c10-3-1-4(18-7(3)11)6(17-15)5-2-16-8(19-5)9(12,13)14/h1-2,6,17H,15H2. The zero-order valence-corrected chi connectivity index (χ0v) is 13.8. The Hall–Kier alpha value is -0.000000000000000305. The number of hydrazine groups is 1. The number of halogens is 5. The number of alkyl halides is 3. The van der Waals surface area contributed by atoms with Crippen molar-refractivity contribution in [2.45, 2.75) is 12.2 Å². The Kier molecular flexibility index (Phi) is 4.68. The molecule has 0 aliphatic heterocycles. The maximum atomic E-state index is 12.5. The number of hydrogen-bond acceptors (Lipinski definition) is 5. The Labute approximate surface area is 131 Å². The first-order valence-corrected chi connectivity index (χ1v) is 7.98. The second-order valence-electron chi connectivity index (χ2n) is 3.44. The van der Waals surface area contributed by atoms with Crippen molar-refractivity contribution in [3.05, 3.63) is 35.3 Å². The van der Waals surface area contributed by atoms with Gasteiger partial charge in [-0.15, -0.1) is 22.7 Å². The minimum atomic E-state index is -4.43. The van der Waals surface area contributed by atoms with Crippen LogP contribution in [0.5, 0.6) is 0 Å². The van der Waals surface area contributed by atoms with Gasteiger partial charge in [0.05, 0.1) is 9.83 Å². The van der Waals surface area contributed by atoms with Gasteiger partial charge in [-0.3, -0.25) is 5.84 Å². The number of nitrogens with zero attached hydrogens (tertiary/aromatic N) is 1. The van der Waals surface area contributed by atoms with Gasteiger partial charge in [0.25, 0.3) is 0 Å². The molecule has 0 spiro atoms. The summed E-state index contributed by atoms with van der Waals surface area (Å²) in [5, 5.41) is -0.877. The number of aromatic nitrogens is 1. The summed E-state index contributed by atoms with van der Waals surface area (Å²) in [6.07, 6.45) is -3.24. The molecule has 2 aromatic heterocycles. The summed E-state index contributed by atoms with van der Waals surface area (Å²) in [5.74, 6) is 5.44. The highest BCUT2D eigenvalue weighted by atomic mass is 79.9. The topological polar surface area (TPSA) is 50.9 Å². The van der Waals surface area contributed by atoms with Crippen molar-refractivity contribution in [2.75, 3.05) is 0 Å². The molecule has 3 N–H and O–H groups in total. The molecule has 1 atom stereocenters. The third-order valence-electron chi connectivity index (χ3n) is 2.17. The Morgan fingerprint density at radius 2 is 1.95 bits per heavy atom. The van der Waals surface area contributed by atoms with Crippen LogP contribution < -0.4 is 11.3 Å². The average molecular weight is 437 g/mol. The minimum Gasteiger partial charge on any atom is -0.271 e. The lowest BCUT2D eigenvalue weighted by Crippen LogP contribution is -2.27. The Morgan fingerprint density at radius 3 is 2.37 bits per heavy atom. The van der Waals surface area contributed by atoms with Gasteiger partial charge >= 0.3 is 6.18 Å². The molecule has 0 bridgehead atoms. The molecule has 0 saturated heterocycles. The lowest BCUT2D eigenvalue weighted by atomic mass is 10.2. The number of thiophene rings is 1. The highest BCUT2D eigenvalue weighted by molar-refractivity contribution is 9.13. The summed E-state index contributed by atoms with van der Waals surface area (Å²) in [5.41, 5.74) is 2.51. The zero-order chi connectivity index (χ0) is 14.2. The smallest absolute Gasteiger partial charge is 0.271 e. The van der Waals surface area contributed by atoms with Gasteiger partial charge in [-0.05, 0) is 37.9 Å². The lowest BCUT2D eigenvalue weighted by molar-refractivity contribution is -0.137. The maximum Gasteiger partial charge on any atom is 0.443 e. The number of hydrogen-bond donors (Lipinski definition) is 2. The van der Waals surface area contributed by atoms with E-state index in [1.54, 1.807) is 6.07 Å². The van der Waals surface area contributed by atoms with E-state index in [1.807, 2.05) is 0 Å². The SMILES string of the molecule is NNC(c1cnc(C(F)(F)F)s1)c1cc(Br)c(Br)s1. The minimum absolute atomic E-state index is 0.413. The maximum absolute atomic E-state index is 12.5. The molecule has 2 rings (SSSR count). The van der Waals surface area contributed by atoms with Crippen LogP contribution in [0.1, 0.15) is 20.8 Å². The van der Waals surface area contributed by atoms with Gasteiger partial charge < -0.3 is 0 Å². The Bertz CT molecular complexity index is 562. The summed E-state index contributed by atoms with van der Waals surface area (Å²) in [6.45, 7) is 0. The van der Waals surface area contributed by atoms with Gasteiger partial charge in [-0.2, -0.15) is 13.2 Å². The molecule has 10 heteroatoms. The number of nitrogens with two attached hydrogens (primary N) is 1. The van der Waals surface area contributed by atoms with Crippen LogP contribution in [-0.2, 0) is 6.18 Å². The van der Waals surface area contributed by atoms with Gasteiger partial charge in [0, 0.05) is 20.4 Å². The molecule has 3 nitrogen and oxygen atoms in total. The van der Waals surface area contributed by atoms with E-state index in [9.17, 15) is 13.2 Å². The first-order valence-electron chi connectivity index (χ1n) is 4.76. The average Bonchev–Trinajstić information content (AvgIpc) is 2.88. The van der Waals surface area contributed by atoms with Crippen LogP contribution in [-0.4, -0.2) is 4.98 Å². The van der Waals surface area contributed by atoms with Crippen LogP contribution in [0.3, 0.4) is 0 Å². The fraction of sp³-hybridized carbons (Fsp3) is 0.222. The third kappa shape index (κ3) is 3.37. The van der Waals surface area contributed by atoms with E-state index in [4.69, 9.17) is 5.84 Å². The van der Waals surface area contributed by atoms with Crippen molar-refractivity contribution in [2.24, 2.45) is 5.84 Å². The molecule has 104 valence electrons. The number of rotatable bonds is 3. The van der Waals surface area contributed by atoms with Crippen molar-refractivity contribution < 1.29 is 13.2 Å². The largest absolute Gasteiger partial charge is 0.443 e. The van der Waals surface area contributed by atoms with E-state index in [2.05, 4.69) is 42.3 Å². The van der Waals surface area contributed by atoms with Crippen molar-refractivity contribution in [1.82, 2.24) is 10.4 Å². The Balaban J connectivity index is 2.35. The summed E-state index contributed by atoms with van der Waals surface area (Å²) >= 11 is 8.62. The first-order chi connectivity index (χ1) is 8.82. The molecule has 0 aromatic carbocycles.